The van der Waals surface area contributed by atoms with Crippen LogP contribution >= 0.6 is 0 Å². The van der Waals surface area contributed by atoms with E-state index in [9.17, 15) is 0 Å². The van der Waals surface area contributed by atoms with Crippen LogP contribution in [-0.2, 0) is 23.5 Å². The molecule has 2 atom stereocenters. The van der Waals surface area contributed by atoms with Crippen LogP contribution in [0.15, 0.2) is 103 Å². The molecule has 1 fully saturated rings. The number of hydrogen-bond acceptors (Lipinski definition) is 0. The van der Waals surface area contributed by atoms with Crippen molar-refractivity contribution in [3.8, 4) is 11.3 Å². The number of fused-ring (bicyclic) bond motifs is 9. The molecule has 8 rings (SSSR count). The zero-order valence-corrected chi connectivity index (χ0v) is 25.1. The Hall–Kier alpha value is -3.62. The van der Waals surface area contributed by atoms with Crippen molar-refractivity contribution < 1.29 is 0 Å². The SMILES string of the molecule is Cc1ccc2c(c1)c1c(n2C)-c2ccccc2C12CC1(C=C(CCCc3ccccc3)c3ccccc31)[Si]2(C)C. The minimum absolute atomic E-state index is 0.120. The maximum Gasteiger partial charge on any atom is 0.0801 e. The molecular weight excluding hydrogens is 499 g/mol. The molecule has 1 nitrogen and oxygen atoms in total. The second-order valence-electron chi connectivity index (χ2n) is 13.1. The third-order valence-corrected chi connectivity index (χ3v) is 16.7. The third kappa shape index (κ3) is 2.83. The maximum absolute atomic E-state index is 2.77. The molecule has 2 aliphatic carbocycles. The van der Waals surface area contributed by atoms with Crippen molar-refractivity contribution in [1.82, 2.24) is 4.57 Å². The summed E-state index contributed by atoms with van der Waals surface area (Å²) in [5, 5.41) is 1.77. The first-order valence-electron chi connectivity index (χ1n) is 14.9. The van der Waals surface area contributed by atoms with Crippen molar-refractivity contribution in [2.75, 3.05) is 0 Å². The zero-order chi connectivity index (χ0) is 27.3. The fraction of sp³-hybridized carbons (Fsp3) is 0.263. The van der Waals surface area contributed by atoms with E-state index in [0.29, 0.717) is 0 Å². The molecule has 4 aromatic carbocycles. The van der Waals surface area contributed by atoms with Crippen molar-refractivity contribution in [2.24, 2.45) is 7.05 Å². The van der Waals surface area contributed by atoms with Crippen LogP contribution in [0.4, 0.5) is 0 Å². The second kappa shape index (κ2) is 8.21. The van der Waals surface area contributed by atoms with Gasteiger partial charge in [0, 0.05) is 33.6 Å². The minimum Gasteiger partial charge on any atom is -0.343 e. The lowest BCUT2D eigenvalue weighted by Crippen LogP contribution is -2.75. The predicted molar refractivity (Wildman–Crippen MR) is 171 cm³/mol. The van der Waals surface area contributed by atoms with Crippen molar-refractivity contribution >= 4 is 24.5 Å². The Kier molecular flexibility index (Phi) is 4.96. The molecule has 40 heavy (non-hydrogen) atoms. The number of aromatic nitrogens is 1. The minimum atomic E-state index is -1.99. The molecule has 0 amide bonds. The lowest BCUT2D eigenvalue weighted by atomic mass is 9.79. The molecule has 1 aromatic heterocycles. The van der Waals surface area contributed by atoms with Gasteiger partial charge in [0.2, 0.25) is 0 Å². The number of rotatable bonds is 4. The van der Waals surface area contributed by atoms with Crippen molar-refractivity contribution in [3.05, 3.63) is 137 Å². The maximum atomic E-state index is 2.77. The first kappa shape index (κ1) is 24.2. The van der Waals surface area contributed by atoms with E-state index in [-0.39, 0.29) is 10.1 Å². The van der Waals surface area contributed by atoms with E-state index in [4.69, 9.17) is 0 Å². The molecule has 198 valence electrons. The highest BCUT2D eigenvalue weighted by Crippen LogP contribution is 2.73. The summed E-state index contributed by atoms with van der Waals surface area (Å²) < 4.78 is 2.49. The fourth-order valence-corrected chi connectivity index (χ4v) is 14.2. The smallest absolute Gasteiger partial charge is 0.0801 e. The van der Waals surface area contributed by atoms with E-state index in [1.54, 1.807) is 22.3 Å². The van der Waals surface area contributed by atoms with Crippen LogP contribution in [0.25, 0.3) is 27.7 Å². The molecule has 0 radical (unpaired) electrons. The summed E-state index contributed by atoms with van der Waals surface area (Å²) in [7, 11) is 0.288. The predicted octanol–water partition coefficient (Wildman–Crippen LogP) is 9.30. The number of benzene rings is 4. The number of nitrogens with zero attached hydrogens (tertiary/aromatic N) is 1. The van der Waals surface area contributed by atoms with Crippen LogP contribution in [0, 0.1) is 6.92 Å². The quantitative estimate of drug-likeness (QED) is 0.202. The normalized spacial score (nSPS) is 23.2. The first-order valence-corrected chi connectivity index (χ1v) is 17.9. The molecule has 3 aliphatic rings. The molecule has 2 unspecified atom stereocenters. The molecule has 2 heteroatoms. The molecule has 0 N–H and O–H groups in total. The van der Waals surface area contributed by atoms with E-state index in [0.717, 1.165) is 12.8 Å². The topological polar surface area (TPSA) is 4.93 Å². The molecule has 1 aliphatic heterocycles. The van der Waals surface area contributed by atoms with Crippen LogP contribution in [0.5, 0.6) is 0 Å². The third-order valence-electron chi connectivity index (χ3n) is 11.1. The molecule has 0 saturated carbocycles. The summed E-state index contributed by atoms with van der Waals surface area (Å²) in [5.74, 6) is 0. The number of allylic oxidation sites excluding steroid dienone is 2. The highest BCUT2D eigenvalue weighted by molar-refractivity contribution is 6.88. The zero-order valence-electron chi connectivity index (χ0n) is 24.1. The van der Waals surface area contributed by atoms with E-state index >= 15 is 0 Å². The van der Waals surface area contributed by atoms with Crippen molar-refractivity contribution in [1.29, 1.82) is 0 Å². The second-order valence-corrected chi connectivity index (χ2v) is 18.1. The van der Waals surface area contributed by atoms with Crippen molar-refractivity contribution in [2.45, 2.75) is 55.8 Å². The molecule has 2 heterocycles. The Bertz CT molecular complexity index is 1860. The Labute approximate surface area is 239 Å². The van der Waals surface area contributed by atoms with Gasteiger partial charge in [0.15, 0.2) is 0 Å². The van der Waals surface area contributed by atoms with Gasteiger partial charge in [-0.2, -0.15) is 0 Å². The lowest BCUT2D eigenvalue weighted by Gasteiger charge is -2.66. The molecule has 2 spiro atoms. The van der Waals surface area contributed by atoms with E-state index in [1.807, 2.05) is 0 Å². The van der Waals surface area contributed by atoms with Crippen LogP contribution < -0.4 is 0 Å². The van der Waals surface area contributed by atoms with Gasteiger partial charge in [-0.1, -0.05) is 110 Å². The molecular formula is C38H37NSi. The van der Waals surface area contributed by atoms with Gasteiger partial charge in [-0.25, -0.2) is 0 Å². The van der Waals surface area contributed by atoms with Crippen LogP contribution in [0.1, 0.15) is 52.6 Å². The summed E-state index contributed by atoms with van der Waals surface area (Å²) in [6.45, 7) is 7.66. The first-order chi connectivity index (χ1) is 19.4. The van der Waals surface area contributed by atoms with E-state index in [1.165, 1.54) is 51.7 Å². The van der Waals surface area contributed by atoms with Crippen LogP contribution in [0.2, 0.25) is 13.1 Å². The van der Waals surface area contributed by atoms with Gasteiger partial charge in [-0.3, -0.25) is 0 Å². The molecule has 0 bridgehead atoms. The van der Waals surface area contributed by atoms with Crippen molar-refractivity contribution in [3.63, 3.8) is 0 Å². The van der Waals surface area contributed by atoms with Gasteiger partial charge in [0.05, 0.1) is 13.8 Å². The molecule has 1 saturated heterocycles. The van der Waals surface area contributed by atoms with Gasteiger partial charge < -0.3 is 4.57 Å². The van der Waals surface area contributed by atoms with Gasteiger partial charge >= 0.3 is 0 Å². The highest BCUT2D eigenvalue weighted by atomic mass is 28.3. The highest BCUT2D eigenvalue weighted by Gasteiger charge is 2.74. The van der Waals surface area contributed by atoms with Gasteiger partial charge in [-0.05, 0) is 78.1 Å². The van der Waals surface area contributed by atoms with Gasteiger partial charge in [0.1, 0.15) is 0 Å². The lowest BCUT2D eigenvalue weighted by molar-refractivity contribution is 0.433. The summed E-state index contributed by atoms with van der Waals surface area (Å²) in [6.07, 6.45) is 7.46. The largest absolute Gasteiger partial charge is 0.343 e. The Morgan fingerprint density at radius 2 is 1.48 bits per heavy atom. The standard InChI is InChI=1S/C38H37NSi/c1-26-21-22-34-31(23-26)35-36(39(34)2)30-18-9-11-20-33(30)38(35)25-37(40(38,3)4)24-28(29-17-8-10-19-32(29)37)16-12-15-27-13-6-5-7-14-27/h5-11,13-14,17-24H,12,15-16,25H2,1-4H3. The fourth-order valence-electron chi connectivity index (χ4n) is 9.07. The molecule has 5 aromatic rings. The summed E-state index contributed by atoms with van der Waals surface area (Å²) in [5.41, 5.74) is 15.0. The van der Waals surface area contributed by atoms with Crippen LogP contribution in [-0.4, -0.2) is 12.6 Å². The number of hydrogen-bond donors (Lipinski definition) is 0. The average molecular weight is 536 g/mol. The Morgan fingerprint density at radius 3 is 2.25 bits per heavy atom. The summed E-state index contributed by atoms with van der Waals surface area (Å²) >= 11 is 0. The monoisotopic (exact) mass is 535 g/mol. The summed E-state index contributed by atoms with van der Waals surface area (Å²) in [4.78, 5) is 0. The number of aryl methyl sites for hydroxylation is 3. The van der Waals surface area contributed by atoms with E-state index in [2.05, 4.69) is 135 Å². The Morgan fingerprint density at radius 1 is 0.775 bits per heavy atom. The van der Waals surface area contributed by atoms with Gasteiger partial charge in [-0.15, -0.1) is 0 Å². The van der Waals surface area contributed by atoms with Crippen LogP contribution in [0.3, 0.4) is 0 Å². The van der Waals surface area contributed by atoms with Gasteiger partial charge in [0.25, 0.3) is 0 Å². The Balaban J connectivity index is 1.28. The average Bonchev–Trinajstić information content (AvgIpc) is 3.57. The summed E-state index contributed by atoms with van der Waals surface area (Å²) in [6, 6.07) is 36.8. The van der Waals surface area contributed by atoms with E-state index < -0.39 is 8.07 Å².